The Bertz CT molecular complexity index is 350. The highest BCUT2D eigenvalue weighted by Crippen LogP contribution is 2.11. The van der Waals surface area contributed by atoms with Crippen LogP contribution in [0.5, 0.6) is 0 Å². The van der Waals surface area contributed by atoms with Gasteiger partial charge >= 0.3 is 0 Å². The van der Waals surface area contributed by atoms with Gasteiger partial charge in [0.05, 0.1) is 17.4 Å². The van der Waals surface area contributed by atoms with E-state index in [2.05, 4.69) is 22.4 Å². The number of nitrogens with one attached hydrogen (secondary N) is 1. The minimum atomic E-state index is 0.639. The predicted octanol–water partition coefficient (Wildman–Crippen LogP) is 2.33. The summed E-state index contributed by atoms with van der Waals surface area (Å²) in [4.78, 5) is 3.96. The number of nitrogens with zero attached hydrogens (tertiary/aromatic N) is 2. The van der Waals surface area contributed by atoms with Crippen molar-refractivity contribution in [2.75, 3.05) is 11.9 Å². The molecule has 1 rings (SSSR count). The van der Waals surface area contributed by atoms with E-state index in [0.717, 1.165) is 18.7 Å². The van der Waals surface area contributed by atoms with Gasteiger partial charge in [0.15, 0.2) is 0 Å². The van der Waals surface area contributed by atoms with Crippen LogP contribution in [0.25, 0.3) is 0 Å². The zero-order valence-corrected chi connectivity index (χ0v) is 8.20. The molecule has 0 aliphatic heterocycles. The molecule has 0 fully saturated rings. The molecule has 0 saturated heterocycles. The average molecular weight is 187 g/mol. The summed E-state index contributed by atoms with van der Waals surface area (Å²) in [5, 5.41) is 12.0. The number of allylic oxidation sites excluding steroid dienone is 1. The molecule has 1 aromatic heterocycles. The molecule has 72 valence electrons. The highest BCUT2D eigenvalue weighted by molar-refractivity contribution is 5.55. The Balaban J connectivity index is 2.54. The van der Waals surface area contributed by atoms with Gasteiger partial charge in [-0.15, -0.1) is 0 Å². The van der Waals surface area contributed by atoms with Crippen LogP contribution in [0.4, 0.5) is 5.69 Å². The summed E-state index contributed by atoms with van der Waals surface area (Å²) in [6.45, 7) is 2.81. The Morgan fingerprint density at radius 2 is 2.50 bits per heavy atom. The molecule has 3 nitrogen and oxygen atoms in total. The Hall–Kier alpha value is -1.82. The van der Waals surface area contributed by atoms with Crippen molar-refractivity contribution in [2.45, 2.75) is 13.3 Å². The van der Waals surface area contributed by atoms with Crippen LogP contribution in [0, 0.1) is 11.3 Å². The zero-order chi connectivity index (χ0) is 10.2. The summed E-state index contributed by atoms with van der Waals surface area (Å²) in [6.07, 6.45) is 8.34. The van der Waals surface area contributed by atoms with E-state index in [-0.39, 0.29) is 0 Å². The second-order valence-corrected chi connectivity index (χ2v) is 2.82. The fourth-order valence-electron chi connectivity index (χ4n) is 1.09. The monoisotopic (exact) mass is 187 g/mol. The molecule has 0 aliphatic rings. The number of pyridine rings is 1. The van der Waals surface area contributed by atoms with Crippen molar-refractivity contribution in [3.63, 3.8) is 0 Å². The average Bonchev–Trinajstić information content (AvgIpc) is 2.25. The molecule has 0 amide bonds. The van der Waals surface area contributed by atoms with E-state index in [1.54, 1.807) is 18.5 Å². The Morgan fingerprint density at radius 1 is 1.64 bits per heavy atom. The standard InChI is InChI=1S/C11H13N3/c1-2-3-4-6-14-11-9-13-7-5-10(11)8-12/h2-3,5,7,9,14H,4,6H2,1H3/b3-2+. The maximum Gasteiger partial charge on any atom is 0.101 e. The minimum Gasteiger partial charge on any atom is -0.382 e. The van der Waals surface area contributed by atoms with Crippen molar-refractivity contribution in [2.24, 2.45) is 0 Å². The molecule has 14 heavy (non-hydrogen) atoms. The molecule has 0 aliphatic carbocycles. The summed E-state index contributed by atoms with van der Waals surface area (Å²) >= 11 is 0. The first-order valence-corrected chi connectivity index (χ1v) is 4.57. The fraction of sp³-hybridized carbons (Fsp3) is 0.273. The van der Waals surface area contributed by atoms with E-state index < -0.39 is 0 Å². The summed E-state index contributed by atoms with van der Waals surface area (Å²) in [7, 11) is 0. The van der Waals surface area contributed by atoms with E-state index in [4.69, 9.17) is 5.26 Å². The van der Waals surface area contributed by atoms with Crippen molar-refractivity contribution in [3.8, 4) is 6.07 Å². The van der Waals surface area contributed by atoms with Gasteiger partial charge in [0.1, 0.15) is 6.07 Å². The van der Waals surface area contributed by atoms with Gasteiger partial charge in [-0.25, -0.2) is 0 Å². The molecule has 0 radical (unpaired) electrons. The molecular weight excluding hydrogens is 174 g/mol. The smallest absolute Gasteiger partial charge is 0.101 e. The van der Waals surface area contributed by atoms with E-state index in [1.807, 2.05) is 13.0 Å². The fourth-order valence-corrected chi connectivity index (χ4v) is 1.09. The molecule has 0 aromatic carbocycles. The maximum absolute atomic E-state index is 8.79. The lowest BCUT2D eigenvalue weighted by Crippen LogP contribution is -2.02. The van der Waals surface area contributed by atoms with Crippen LogP contribution in [0.15, 0.2) is 30.6 Å². The van der Waals surface area contributed by atoms with Crippen LogP contribution in [-0.2, 0) is 0 Å². The van der Waals surface area contributed by atoms with Gasteiger partial charge in [-0.1, -0.05) is 12.2 Å². The van der Waals surface area contributed by atoms with Gasteiger partial charge in [-0.3, -0.25) is 4.98 Å². The normalized spacial score (nSPS) is 10.0. The molecule has 0 spiro atoms. The van der Waals surface area contributed by atoms with Crippen LogP contribution in [0.3, 0.4) is 0 Å². The number of hydrogen-bond donors (Lipinski definition) is 1. The summed E-state index contributed by atoms with van der Waals surface area (Å²) in [5.74, 6) is 0. The quantitative estimate of drug-likeness (QED) is 0.581. The Kier molecular flexibility index (Phi) is 4.22. The SMILES string of the molecule is C/C=C/CCNc1cnccc1C#N. The van der Waals surface area contributed by atoms with Crippen LogP contribution in [-0.4, -0.2) is 11.5 Å². The first kappa shape index (κ1) is 10.3. The lowest BCUT2D eigenvalue weighted by atomic mass is 10.2. The molecule has 1 N–H and O–H groups in total. The van der Waals surface area contributed by atoms with Gasteiger partial charge in [0.25, 0.3) is 0 Å². The van der Waals surface area contributed by atoms with Gasteiger partial charge < -0.3 is 5.32 Å². The van der Waals surface area contributed by atoms with Crippen molar-refractivity contribution >= 4 is 5.69 Å². The lowest BCUT2D eigenvalue weighted by Gasteiger charge is -2.04. The number of aromatic nitrogens is 1. The van der Waals surface area contributed by atoms with E-state index in [0.29, 0.717) is 5.56 Å². The largest absolute Gasteiger partial charge is 0.382 e. The Morgan fingerprint density at radius 3 is 3.21 bits per heavy atom. The molecule has 0 atom stereocenters. The number of hydrogen-bond acceptors (Lipinski definition) is 3. The maximum atomic E-state index is 8.79. The second kappa shape index (κ2) is 5.76. The minimum absolute atomic E-state index is 0.639. The molecule has 0 unspecified atom stereocenters. The number of rotatable bonds is 4. The van der Waals surface area contributed by atoms with Crippen molar-refractivity contribution in [1.29, 1.82) is 5.26 Å². The predicted molar refractivity (Wildman–Crippen MR) is 56.9 cm³/mol. The first-order chi connectivity index (χ1) is 6.88. The molecular formula is C11H13N3. The molecule has 1 heterocycles. The second-order valence-electron chi connectivity index (χ2n) is 2.82. The van der Waals surface area contributed by atoms with Gasteiger partial charge in [0.2, 0.25) is 0 Å². The van der Waals surface area contributed by atoms with Crippen molar-refractivity contribution < 1.29 is 0 Å². The van der Waals surface area contributed by atoms with Gasteiger partial charge in [0, 0.05) is 12.7 Å². The topological polar surface area (TPSA) is 48.7 Å². The molecule has 0 bridgehead atoms. The van der Waals surface area contributed by atoms with Gasteiger partial charge in [-0.05, 0) is 19.4 Å². The molecule has 1 aromatic rings. The van der Waals surface area contributed by atoms with Crippen molar-refractivity contribution in [3.05, 3.63) is 36.2 Å². The van der Waals surface area contributed by atoms with Crippen LogP contribution in [0.1, 0.15) is 18.9 Å². The third-order valence-corrected chi connectivity index (χ3v) is 1.80. The zero-order valence-electron chi connectivity index (χ0n) is 8.20. The van der Waals surface area contributed by atoms with Crippen LogP contribution in [0.2, 0.25) is 0 Å². The molecule has 3 heteroatoms. The highest BCUT2D eigenvalue weighted by atomic mass is 14.9. The summed E-state index contributed by atoms with van der Waals surface area (Å²) < 4.78 is 0. The van der Waals surface area contributed by atoms with E-state index >= 15 is 0 Å². The first-order valence-electron chi connectivity index (χ1n) is 4.57. The third-order valence-electron chi connectivity index (χ3n) is 1.80. The lowest BCUT2D eigenvalue weighted by molar-refractivity contribution is 1.06. The number of nitriles is 1. The third kappa shape index (κ3) is 2.91. The van der Waals surface area contributed by atoms with E-state index in [1.165, 1.54) is 0 Å². The van der Waals surface area contributed by atoms with E-state index in [9.17, 15) is 0 Å². The molecule has 0 saturated carbocycles. The summed E-state index contributed by atoms with van der Waals surface area (Å²) in [6, 6.07) is 3.82. The van der Waals surface area contributed by atoms with Crippen LogP contribution < -0.4 is 5.32 Å². The van der Waals surface area contributed by atoms with Crippen molar-refractivity contribution in [1.82, 2.24) is 4.98 Å². The van der Waals surface area contributed by atoms with Gasteiger partial charge in [-0.2, -0.15) is 5.26 Å². The summed E-state index contributed by atoms with van der Waals surface area (Å²) in [5.41, 5.74) is 1.44. The number of anilines is 1. The highest BCUT2D eigenvalue weighted by Gasteiger charge is 1.98. The van der Waals surface area contributed by atoms with Crippen LogP contribution >= 0.6 is 0 Å². The Labute approximate surface area is 84.1 Å².